The molecule has 1 nitrogen and oxygen atoms in total. The summed E-state index contributed by atoms with van der Waals surface area (Å²) in [5.74, 6) is 0. The molecule has 0 saturated heterocycles. The van der Waals surface area contributed by atoms with Crippen LogP contribution in [-0.4, -0.2) is 4.57 Å². The molecule has 0 amide bonds. The summed E-state index contributed by atoms with van der Waals surface area (Å²) in [6, 6.07) is 49.0. The maximum Gasteiger partial charge on any atom is 0.0619 e. The van der Waals surface area contributed by atoms with Gasteiger partial charge in [-0.1, -0.05) is 122 Å². The van der Waals surface area contributed by atoms with Crippen molar-refractivity contribution in [2.45, 2.75) is 6.92 Å². The number of rotatable bonds is 4. The molecular formula is C41H29N. The molecule has 0 aliphatic rings. The molecule has 8 rings (SSSR count). The molecule has 0 saturated carbocycles. The summed E-state index contributed by atoms with van der Waals surface area (Å²) in [7, 11) is 0. The van der Waals surface area contributed by atoms with E-state index in [9.17, 15) is 0 Å². The smallest absolute Gasteiger partial charge is 0.0619 e. The minimum absolute atomic E-state index is 1.16. The Morgan fingerprint density at radius 1 is 0.548 bits per heavy atom. The summed E-state index contributed by atoms with van der Waals surface area (Å²) in [6.45, 7) is 6.02. The van der Waals surface area contributed by atoms with Gasteiger partial charge in [0.1, 0.15) is 0 Å². The van der Waals surface area contributed by atoms with Crippen LogP contribution >= 0.6 is 0 Å². The Bertz CT molecular complexity index is 2380. The summed E-state index contributed by atoms with van der Waals surface area (Å²) in [5.41, 5.74) is 8.49. The summed E-state index contributed by atoms with van der Waals surface area (Å²) in [6.07, 6.45) is 4.02. The van der Waals surface area contributed by atoms with E-state index in [0.717, 1.165) is 5.57 Å². The van der Waals surface area contributed by atoms with Crippen molar-refractivity contribution >= 4 is 59.7 Å². The number of hydrogen-bond acceptors (Lipinski definition) is 0. The van der Waals surface area contributed by atoms with Crippen molar-refractivity contribution in [1.82, 2.24) is 4.57 Å². The fourth-order valence-electron chi connectivity index (χ4n) is 6.63. The van der Waals surface area contributed by atoms with Crippen molar-refractivity contribution in [3.63, 3.8) is 0 Å². The Morgan fingerprint density at radius 2 is 1.21 bits per heavy atom. The second kappa shape index (κ2) is 9.61. The van der Waals surface area contributed by atoms with E-state index in [4.69, 9.17) is 0 Å². The lowest BCUT2D eigenvalue weighted by molar-refractivity contribution is 1.20. The molecule has 0 spiro atoms. The van der Waals surface area contributed by atoms with Gasteiger partial charge in [-0.15, -0.1) is 0 Å². The number of para-hydroxylation sites is 1. The first-order valence-electron chi connectivity index (χ1n) is 14.5. The lowest BCUT2D eigenvalue weighted by Crippen LogP contribution is -1.96. The summed E-state index contributed by atoms with van der Waals surface area (Å²) >= 11 is 0. The lowest BCUT2D eigenvalue weighted by atomic mass is 9.96. The van der Waals surface area contributed by atoms with E-state index in [1.54, 1.807) is 0 Å². The van der Waals surface area contributed by atoms with Gasteiger partial charge >= 0.3 is 0 Å². The van der Waals surface area contributed by atoms with E-state index in [-0.39, 0.29) is 0 Å². The molecule has 0 N–H and O–H groups in total. The fourth-order valence-corrected chi connectivity index (χ4v) is 6.63. The van der Waals surface area contributed by atoms with Crippen LogP contribution in [0, 0.1) is 0 Å². The van der Waals surface area contributed by atoms with E-state index in [1.807, 2.05) is 6.08 Å². The van der Waals surface area contributed by atoms with Gasteiger partial charge in [0.15, 0.2) is 0 Å². The van der Waals surface area contributed by atoms with E-state index in [1.165, 1.54) is 76.5 Å². The molecule has 1 aromatic heterocycles. The third-order valence-electron chi connectivity index (χ3n) is 8.70. The molecule has 42 heavy (non-hydrogen) atoms. The van der Waals surface area contributed by atoms with Crippen LogP contribution < -0.4 is 0 Å². The summed E-state index contributed by atoms with van der Waals surface area (Å²) in [4.78, 5) is 0. The second-order valence-electron chi connectivity index (χ2n) is 11.0. The number of hydrogen-bond donors (Lipinski definition) is 0. The van der Waals surface area contributed by atoms with Gasteiger partial charge in [-0.3, -0.25) is 0 Å². The van der Waals surface area contributed by atoms with Crippen molar-refractivity contribution in [2.24, 2.45) is 0 Å². The van der Waals surface area contributed by atoms with Crippen LogP contribution in [0.15, 0.2) is 152 Å². The molecule has 0 fully saturated rings. The molecule has 0 atom stereocenters. The Balaban J connectivity index is 1.33. The van der Waals surface area contributed by atoms with Gasteiger partial charge in [0.25, 0.3) is 0 Å². The Hall–Kier alpha value is -5.40. The zero-order valence-corrected chi connectivity index (χ0v) is 23.5. The van der Waals surface area contributed by atoms with E-state index in [2.05, 4.69) is 158 Å². The zero-order valence-electron chi connectivity index (χ0n) is 23.5. The number of fused-ring (bicyclic) bond motifs is 7. The number of allylic oxidation sites excluding steroid dienone is 3. The average Bonchev–Trinajstić information content (AvgIpc) is 3.39. The zero-order chi connectivity index (χ0) is 28.2. The molecule has 0 aliphatic heterocycles. The van der Waals surface area contributed by atoms with E-state index >= 15 is 0 Å². The third kappa shape index (κ3) is 3.71. The van der Waals surface area contributed by atoms with E-state index in [0.29, 0.717) is 0 Å². The van der Waals surface area contributed by atoms with Gasteiger partial charge in [0.05, 0.1) is 16.7 Å². The largest absolute Gasteiger partial charge is 0.308 e. The normalized spacial score (nSPS) is 12.2. The summed E-state index contributed by atoms with van der Waals surface area (Å²) < 4.78 is 2.46. The highest BCUT2D eigenvalue weighted by molar-refractivity contribution is 6.19. The van der Waals surface area contributed by atoms with Gasteiger partial charge in [0.2, 0.25) is 0 Å². The molecule has 198 valence electrons. The Morgan fingerprint density at radius 3 is 2.07 bits per heavy atom. The molecule has 1 heteroatoms. The maximum absolute atomic E-state index is 3.96. The SMILES string of the molecule is C=C/C(=C\C)c1ccc2cc(-c3ccc4c(ccc5c6ccccc6n(-c6cccc7ccccc67)c45)c3)ccc2c1. The van der Waals surface area contributed by atoms with Gasteiger partial charge in [0, 0.05) is 21.5 Å². The van der Waals surface area contributed by atoms with Gasteiger partial charge in [-0.05, 0) is 81.1 Å². The standard InChI is InChI=1S/C41H29N/c1-3-27(4-2)29-16-17-31-25-32(19-18-30(31)24-29)33-20-22-36-34(26-33)21-23-38-37-13-7-8-14-40(37)42(41(36)38)39-15-9-11-28-10-5-6-12-35(28)39/h3-26H,1H2,2H3/b27-4+. The summed E-state index contributed by atoms with van der Waals surface area (Å²) in [5, 5.41) is 10.0. The third-order valence-corrected chi connectivity index (χ3v) is 8.70. The van der Waals surface area contributed by atoms with Crippen molar-refractivity contribution < 1.29 is 0 Å². The van der Waals surface area contributed by atoms with Gasteiger partial charge < -0.3 is 4.57 Å². The monoisotopic (exact) mass is 535 g/mol. The minimum atomic E-state index is 1.16. The molecule has 7 aromatic carbocycles. The highest BCUT2D eigenvalue weighted by Gasteiger charge is 2.16. The predicted octanol–water partition coefficient (Wildman–Crippen LogP) is 11.5. The van der Waals surface area contributed by atoms with Gasteiger partial charge in [-0.2, -0.15) is 0 Å². The molecule has 0 unspecified atom stereocenters. The van der Waals surface area contributed by atoms with Crippen molar-refractivity contribution in [3.05, 3.63) is 158 Å². The van der Waals surface area contributed by atoms with Crippen LogP contribution in [0.5, 0.6) is 0 Å². The highest BCUT2D eigenvalue weighted by Crippen LogP contribution is 2.39. The van der Waals surface area contributed by atoms with Crippen LogP contribution in [0.2, 0.25) is 0 Å². The van der Waals surface area contributed by atoms with Crippen LogP contribution in [0.4, 0.5) is 0 Å². The number of nitrogens with zero attached hydrogens (tertiary/aromatic N) is 1. The maximum atomic E-state index is 3.96. The first kappa shape index (κ1) is 24.4. The quantitative estimate of drug-likeness (QED) is 0.198. The Kier molecular flexibility index (Phi) is 5.58. The van der Waals surface area contributed by atoms with Crippen molar-refractivity contribution in [1.29, 1.82) is 0 Å². The molecule has 8 aromatic rings. The Labute approximate surface area is 245 Å². The second-order valence-corrected chi connectivity index (χ2v) is 11.0. The van der Waals surface area contributed by atoms with Gasteiger partial charge in [-0.25, -0.2) is 0 Å². The first-order chi connectivity index (χ1) is 20.7. The number of benzene rings is 7. The molecule has 0 aliphatic carbocycles. The first-order valence-corrected chi connectivity index (χ1v) is 14.5. The molecule has 0 bridgehead atoms. The molecule has 0 radical (unpaired) electrons. The fraction of sp³-hybridized carbons (Fsp3) is 0.0244. The van der Waals surface area contributed by atoms with Crippen LogP contribution in [0.25, 0.3) is 76.5 Å². The van der Waals surface area contributed by atoms with Crippen LogP contribution in [0.1, 0.15) is 12.5 Å². The topological polar surface area (TPSA) is 4.93 Å². The van der Waals surface area contributed by atoms with Crippen molar-refractivity contribution in [2.75, 3.05) is 0 Å². The van der Waals surface area contributed by atoms with E-state index < -0.39 is 0 Å². The minimum Gasteiger partial charge on any atom is -0.308 e. The lowest BCUT2D eigenvalue weighted by Gasteiger charge is -2.13. The molecular weight excluding hydrogens is 506 g/mol. The number of aromatic nitrogens is 1. The van der Waals surface area contributed by atoms with Crippen LogP contribution in [0.3, 0.4) is 0 Å². The predicted molar refractivity (Wildman–Crippen MR) is 183 cm³/mol. The van der Waals surface area contributed by atoms with Crippen LogP contribution in [-0.2, 0) is 0 Å². The molecule has 1 heterocycles. The highest BCUT2D eigenvalue weighted by atomic mass is 15.0. The van der Waals surface area contributed by atoms with Crippen molar-refractivity contribution in [3.8, 4) is 16.8 Å². The average molecular weight is 536 g/mol.